The number of carbonyl (C=O) groups is 2. The molecule has 4 aromatic rings. The molecule has 0 aliphatic rings. The van der Waals surface area contributed by atoms with Crippen LogP contribution >= 0.6 is 12.2 Å². The summed E-state index contributed by atoms with van der Waals surface area (Å²) in [5, 5.41) is 6.22. The summed E-state index contributed by atoms with van der Waals surface area (Å²) < 4.78 is 19.2. The highest BCUT2D eigenvalue weighted by molar-refractivity contribution is 7.80. The number of nitrogens with one attached hydrogen (secondary N) is 2. The highest BCUT2D eigenvalue weighted by Crippen LogP contribution is 2.19. The fourth-order valence-corrected chi connectivity index (χ4v) is 4.99. The van der Waals surface area contributed by atoms with Crippen molar-refractivity contribution in [2.75, 3.05) is 0 Å². The van der Waals surface area contributed by atoms with Crippen LogP contribution in [0.3, 0.4) is 0 Å². The molecule has 0 saturated carbocycles. The number of carbonyl (C=O) groups excluding carboxylic acids is 2. The Bertz CT molecular complexity index is 1480. The van der Waals surface area contributed by atoms with E-state index in [2.05, 4.69) is 15.6 Å². The van der Waals surface area contributed by atoms with Crippen LogP contribution in [0.5, 0.6) is 0 Å². The van der Waals surface area contributed by atoms with Crippen molar-refractivity contribution in [2.45, 2.75) is 70.4 Å². The molecule has 1 heterocycles. The Morgan fingerprint density at radius 3 is 1.96 bits per heavy atom. The summed E-state index contributed by atoms with van der Waals surface area (Å²) in [6, 6.07) is 28.0. The minimum absolute atomic E-state index is 0.112. The third-order valence-electron chi connectivity index (χ3n) is 6.79. The van der Waals surface area contributed by atoms with E-state index in [4.69, 9.17) is 26.4 Å². The lowest BCUT2D eigenvalue weighted by Gasteiger charge is -2.32. The van der Waals surface area contributed by atoms with Gasteiger partial charge in [-0.25, -0.2) is 14.6 Å². The summed E-state index contributed by atoms with van der Waals surface area (Å²) >= 11 is 5.65. The van der Waals surface area contributed by atoms with Gasteiger partial charge in [0.15, 0.2) is 0 Å². The van der Waals surface area contributed by atoms with Crippen LogP contribution in [0, 0.1) is 0 Å². The average Bonchev–Trinajstić information content (AvgIpc) is 3.56. The van der Waals surface area contributed by atoms with Crippen molar-refractivity contribution in [3.8, 4) is 0 Å². The number of nitrogens with zero attached hydrogens (tertiary/aromatic N) is 2. The molecule has 0 aliphatic heterocycles. The number of ether oxygens (including phenoxy) is 3. The molecule has 0 radical (unpaired) electrons. The van der Waals surface area contributed by atoms with Crippen molar-refractivity contribution in [3.05, 3.63) is 126 Å². The van der Waals surface area contributed by atoms with Gasteiger partial charge in [-0.15, -0.1) is 0 Å². The number of hydrogen-bond acceptors (Lipinski definition) is 7. The van der Waals surface area contributed by atoms with E-state index >= 15 is 0 Å². The number of aromatic nitrogens is 2. The molecule has 0 spiro atoms. The van der Waals surface area contributed by atoms with Crippen molar-refractivity contribution >= 4 is 29.6 Å². The summed E-state index contributed by atoms with van der Waals surface area (Å²) in [6.07, 6.45) is 4.22. The number of thiocarbonyl (C=S) groups is 1. The third kappa shape index (κ3) is 11.7. The zero-order valence-electron chi connectivity index (χ0n) is 25.8. The molecule has 0 bridgehead atoms. The van der Waals surface area contributed by atoms with E-state index in [1.165, 1.54) is 0 Å². The second kappa shape index (κ2) is 16.4. The lowest BCUT2D eigenvalue weighted by molar-refractivity contribution is 0.0470. The molecule has 1 aromatic heterocycles. The predicted molar refractivity (Wildman–Crippen MR) is 177 cm³/mol. The second-order valence-corrected chi connectivity index (χ2v) is 12.0. The van der Waals surface area contributed by atoms with Crippen LogP contribution in [0.4, 0.5) is 9.59 Å². The van der Waals surface area contributed by atoms with E-state index in [-0.39, 0.29) is 11.8 Å². The Morgan fingerprint density at radius 1 is 0.822 bits per heavy atom. The van der Waals surface area contributed by atoms with Crippen LogP contribution in [-0.4, -0.2) is 50.7 Å². The number of imidazole rings is 1. The molecular formula is C35H40N4O5S. The highest BCUT2D eigenvalue weighted by atomic mass is 32.1. The smallest absolute Gasteiger partial charge is 0.407 e. The van der Waals surface area contributed by atoms with Gasteiger partial charge in [-0.3, -0.25) is 4.57 Å². The first-order chi connectivity index (χ1) is 21.6. The number of alkyl carbamates (subject to hydrolysis) is 2. The molecule has 0 fully saturated rings. The van der Waals surface area contributed by atoms with Gasteiger partial charge in [0.25, 0.3) is 5.17 Å². The molecule has 9 nitrogen and oxygen atoms in total. The first-order valence-corrected chi connectivity index (χ1v) is 15.3. The van der Waals surface area contributed by atoms with Crippen LogP contribution in [-0.2, 0) is 33.7 Å². The first-order valence-electron chi connectivity index (χ1n) is 14.9. The Labute approximate surface area is 269 Å². The van der Waals surface area contributed by atoms with Gasteiger partial charge >= 0.3 is 12.2 Å². The molecule has 0 unspecified atom stereocenters. The minimum atomic E-state index is -0.687. The molecule has 3 aromatic carbocycles. The maximum atomic E-state index is 13.2. The second-order valence-electron chi connectivity index (χ2n) is 11.7. The van der Waals surface area contributed by atoms with Gasteiger partial charge in [0.1, 0.15) is 24.6 Å². The largest absolute Gasteiger partial charge is 0.465 e. The SMILES string of the molecule is CC(C)(C)OC(=O)N[C@@H](Cc1ccccc1)C[C@H](OC(=S)n1ccnc1)[C@H](Cc1ccccc1)NC(=O)OCc1ccccc1. The quantitative estimate of drug-likeness (QED) is 0.174. The molecule has 236 valence electrons. The Balaban J connectivity index is 1.63. The molecular weight excluding hydrogens is 588 g/mol. The standard InChI is InChI=1S/C35H40N4O5S/c1-35(2,3)44-33(41)37-29(21-26-13-7-4-8-14-26)23-31(43-34(45)39-20-19-36-25-39)30(22-27-15-9-5-10-16-27)38-32(40)42-24-28-17-11-6-12-18-28/h4-20,25,29-31H,21-24H2,1-3H3,(H,37,41)(H,38,40)/t29-,30-,31-/m0/s1. The van der Waals surface area contributed by atoms with Crippen LogP contribution < -0.4 is 10.6 Å². The maximum absolute atomic E-state index is 13.2. The Morgan fingerprint density at radius 2 is 1.40 bits per heavy atom. The van der Waals surface area contributed by atoms with Gasteiger partial charge in [-0.05, 0) is 62.5 Å². The van der Waals surface area contributed by atoms with Gasteiger partial charge in [0.2, 0.25) is 0 Å². The number of benzene rings is 3. The monoisotopic (exact) mass is 628 g/mol. The van der Waals surface area contributed by atoms with Gasteiger partial charge in [-0.1, -0.05) is 91.0 Å². The van der Waals surface area contributed by atoms with Gasteiger partial charge in [0.05, 0.1) is 6.04 Å². The molecule has 2 N–H and O–H groups in total. The van der Waals surface area contributed by atoms with Crippen LogP contribution in [0.1, 0.15) is 43.9 Å². The van der Waals surface area contributed by atoms with Gasteiger partial charge < -0.3 is 24.8 Å². The molecule has 45 heavy (non-hydrogen) atoms. The molecule has 3 atom stereocenters. The lowest BCUT2D eigenvalue weighted by atomic mass is 9.93. The van der Waals surface area contributed by atoms with Crippen molar-refractivity contribution in [2.24, 2.45) is 0 Å². The van der Waals surface area contributed by atoms with Crippen molar-refractivity contribution in [1.29, 1.82) is 0 Å². The van der Waals surface area contributed by atoms with Gasteiger partial charge in [0, 0.05) is 24.9 Å². The fraction of sp³-hybridized carbons (Fsp3) is 0.314. The number of hydrogen-bond donors (Lipinski definition) is 2. The molecule has 10 heteroatoms. The van der Waals surface area contributed by atoms with Crippen molar-refractivity contribution in [3.63, 3.8) is 0 Å². The minimum Gasteiger partial charge on any atom is -0.465 e. The number of amides is 2. The summed E-state index contributed by atoms with van der Waals surface area (Å²) in [6.45, 7) is 5.56. The van der Waals surface area contributed by atoms with E-state index in [0.29, 0.717) is 19.3 Å². The summed E-state index contributed by atoms with van der Waals surface area (Å²) in [4.78, 5) is 30.3. The fourth-order valence-electron chi connectivity index (χ4n) is 4.76. The third-order valence-corrected chi connectivity index (χ3v) is 7.10. The molecule has 0 saturated heterocycles. The first kappa shape index (κ1) is 33.2. The summed E-state index contributed by atoms with van der Waals surface area (Å²) in [7, 11) is 0. The molecule has 0 aliphatic carbocycles. The Hall–Kier alpha value is -4.70. The van der Waals surface area contributed by atoms with Crippen molar-refractivity contribution in [1.82, 2.24) is 20.2 Å². The van der Waals surface area contributed by atoms with Crippen LogP contribution in [0.2, 0.25) is 0 Å². The normalized spacial score (nSPS) is 13.1. The predicted octanol–water partition coefficient (Wildman–Crippen LogP) is 6.47. The van der Waals surface area contributed by atoms with Crippen LogP contribution in [0.25, 0.3) is 0 Å². The van der Waals surface area contributed by atoms with Gasteiger partial charge in [-0.2, -0.15) is 0 Å². The molecule has 4 rings (SSSR count). The average molecular weight is 629 g/mol. The van der Waals surface area contributed by atoms with E-state index in [0.717, 1.165) is 16.7 Å². The maximum Gasteiger partial charge on any atom is 0.407 e. The van der Waals surface area contributed by atoms with E-state index in [1.54, 1.807) is 23.3 Å². The summed E-state index contributed by atoms with van der Waals surface area (Å²) in [5.41, 5.74) is 2.18. The van der Waals surface area contributed by atoms with E-state index in [1.807, 2.05) is 112 Å². The highest BCUT2D eigenvalue weighted by Gasteiger charge is 2.32. The van der Waals surface area contributed by atoms with Crippen LogP contribution in [0.15, 0.2) is 110 Å². The zero-order valence-corrected chi connectivity index (χ0v) is 26.6. The Kier molecular flexibility index (Phi) is 12.1. The van der Waals surface area contributed by atoms with E-state index < -0.39 is 36.0 Å². The zero-order chi connectivity index (χ0) is 32.1. The topological polar surface area (TPSA) is 104 Å². The summed E-state index contributed by atoms with van der Waals surface area (Å²) in [5.74, 6) is 0. The van der Waals surface area contributed by atoms with Crippen molar-refractivity contribution < 1.29 is 23.8 Å². The lowest BCUT2D eigenvalue weighted by Crippen LogP contribution is -2.51. The number of rotatable bonds is 12. The van der Waals surface area contributed by atoms with E-state index in [9.17, 15) is 9.59 Å². The molecule has 2 amide bonds.